The van der Waals surface area contributed by atoms with Gasteiger partial charge in [-0.1, -0.05) is 34.1 Å². The van der Waals surface area contributed by atoms with Crippen LogP contribution in [0.4, 0.5) is 4.79 Å². The van der Waals surface area contributed by atoms with E-state index < -0.39 is 0 Å². The van der Waals surface area contributed by atoms with Crippen molar-refractivity contribution in [2.45, 2.75) is 64.2 Å². The minimum Gasteiger partial charge on any atom is -0.334 e. The molecular weight excluding hydrogens is 342 g/mol. The number of carbonyl (C=O) groups excluding carboxylic acids is 1. The number of nitrogens with one attached hydrogen (secondary N) is 1. The summed E-state index contributed by atoms with van der Waals surface area (Å²) in [5.74, 6) is 0. The number of benzene rings is 1. The second-order valence-corrected chi connectivity index (χ2v) is 8.23. The molecule has 1 fully saturated rings. The molecule has 2 amide bonds. The lowest BCUT2D eigenvalue weighted by Crippen LogP contribution is -2.66. The van der Waals surface area contributed by atoms with Crippen molar-refractivity contribution in [3.05, 3.63) is 34.3 Å². The molecule has 122 valence electrons. The highest BCUT2D eigenvalue weighted by Gasteiger charge is 2.46. The van der Waals surface area contributed by atoms with Crippen LogP contribution in [0.15, 0.2) is 28.7 Å². The maximum absolute atomic E-state index is 12.8. The summed E-state index contributed by atoms with van der Waals surface area (Å²) in [4.78, 5) is 14.7. The number of piperidine rings is 1. The van der Waals surface area contributed by atoms with E-state index in [0.29, 0.717) is 6.54 Å². The van der Waals surface area contributed by atoms with Gasteiger partial charge in [0.1, 0.15) is 0 Å². The van der Waals surface area contributed by atoms with E-state index in [4.69, 9.17) is 5.73 Å². The van der Waals surface area contributed by atoms with Crippen molar-refractivity contribution in [3.63, 3.8) is 0 Å². The van der Waals surface area contributed by atoms with Crippen molar-refractivity contribution in [2.75, 3.05) is 0 Å². The molecule has 1 heterocycles. The molecule has 0 aliphatic carbocycles. The molecule has 0 spiro atoms. The lowest BCUT2D eigenvalue weighted by Gasteiger charge is -2.54. The smallest absolute Gasteiger partial charge is 0.318 e. The Hall–Kier alpha value is -1.07. The van der Waals surface area contributed by atoms with E-state index in [1.807, 2.05) is 29.2 Å². The highest BCUT2D eigenvalue weighted by molar-refractivity contribution is 9.10. The number of halogens is 1. The van der Waals surface area contributed by atoms with Gasteiger partial charge in [-0.2, -0.15) is 0 Å². The zero-order valence-electron chi connectivity index (χ0n) is 13.8. The van der Waals surface area contributed by atoms with Crippen LogP contribution in [0.3, 0.4) is 0 Å². The quantitative estimate of drug-likeness (QED) is 0.837. The number of likely N-dealkylation sites (tertiary alicyclic amines) is 1. The first kappa shape index (κ1) is 17.3. The number of carbonyl (C=O) groups is 1. The fourth-order valence-corrected chi connectivity index (χ4v) is 4.22. The second-order valence-electron chi connectivity index (χ2n) is 7.38. The van der Waals surface area contributed by atoms with Crippen LogP contribution in [0.25, 0.3) is 0 Å². The molecular formula is C17H26BrN3O. The molecule has 5 heteroatoms. The molecule has 0 saturated carbocycles. The Morgan fingerprint density at radius 2 is 1.82 bits per heavy atom. The molecule has 1 aliphatic heterocycles. The van der Waals surface area contributed by atoms with Crippen LogP contribution in [0.2, 0.25) is 0 Å². The second kappa shape index (κ2) is 6.20. The molecule has 0 bridgehead atoms. The van der Waals surface area contributed by atoms with Crippen molar-refractivity contribution in [2.24, 2.45) is 5.73 Å². The van der Waals surface area contributed by atoms with E-state index in [-0.39, 0.29) is 23.2 Å². The highest BCUT2D eigenvalue weighted by Crippen LogP contribution is 2.37. The van der Waals surface area contributed by atoms with Crippen LogP contribution in [0.1, 0.15) is 46.1 Å². The van der Waals surface area contributed by atoms with E-state index in [0.717, 1.165) is 22.9 Å². The fourth-order valence-electron chi connectivity index (χ4n) is 3.80. The Morgan fingerprint density at radius 1 is 1.27 bits per heavy atom. The van der Waals surface area contributed by atoms with Gasteiger partial charge in [0.25, 0.3) is 0 Å². The molecule has 0 radical (unpaired) electrons. The van der Waals surface area contributed by atoms with Crippen LogP contribution >= 0.6 is 15.9 Å². The molecule has 1 aromatic carbocycles. The van der Waals surface area contributed by atoms with E-state index in [2.05, 4.69) is 48.9 Å². The van der Waals surface area contributed by atoms with Crippen molar-refractivity contribution in [1.29, 1.82) is 0 Å². The third-order valence-electron chi connectivity index (χ3n) is 4.33. The van der Waals surface area contributed by atoms with Crippen molar-refractivity contribution in [3.8, 4) is 0 Å². The summed E-state index contributed by atoms with van der Waals surface area (Å²) in [5.41, 5.74) is 6.74. The number of rotatable bonds is 2. The summed E-state index contributed by atoms with van der Waals surface area (Å²) >= 11 is 3.51. The fraction of sp³-hybridized carbons (Fsp3) is 0.588. The normalized spacial score (nSPS) is 20.7. The first-order valence-corrected chi connectivity index (χ1v) is 8.50. The molecule has 0 unspecified atom stereocenters. The van der Waals surface area contributed by atoms with Gasteiger partial charge in [-0.05, 0) is 52.2 Å². The average molecular weight is 368 g/mol. The maximum atomic E-state index is 12.8. The van der Waals surface area contributed by atoms with E-state index in [9.17, 15) is 4.79 Å². The predicted molar refractivity (Wildman–Crippen MR) is 93.6 cm³/mol. The van der Waals surface area contributed by atoms with Crippen molar-refractivity contribution >= 4 is 22.0 Å². The summed E-state index contributed by atoms with van der Waals surface area (Å²) < 4.78 is 1.01. The van der Waals surface area contributed by atoms with Crippen molar-refractivity contribution < 1.29 is 4.79 Å². The van der Waals surface area contributed by atoms with Gasteiger partial charge in [-0.3, -0.25) is 0 Å². The van der Waals surface area contributed by atoms with Crippen LogP contribution < -0.4 is 11.1 Å². The maximum Gasteiger partial charge on any atom is 0.318 e. The third-order valence-corrected chi connectivity index (χ3v) is 5.10. The first-order valence-electron chi connectivity index (χ1n) is 7.71. The molecule has 22 heavy (non-hydrogen) atoms. The predicted octanol–water partition coefficient (Wildman–Crippen LogP) is 3.64. The monoisotopic (exact) mass is 367 g/mol. The molecule has 1 saturated heterocycles. The molecule has 0 atom stereocenters. The Morgan fingerprint density at radius 3 is 2.36 bits per heavy atom. The van der Waals surface area contributed by atoms with Crippen LogP contribution in [-0.4, -0.2) is 28.1 Å². The molecule has 1 aliphatic rings. The lowest BCUT2D eigenvalue weighted by atomic mass is 9.77. The summed E-state index contributed by atoms with van der Waals surface area (Å²) in [6.07, 6.45) is 1.64. The van der Waals surface area contributed by atoms with E-state index in [1.165, 1.54) is 0 Å². The van der Waals surface area contributed by atoms with Gasteiger partial charge < -0.3 is 16.0 Å². The Balaban J connectivity index is 2.12. The van der Waals surface area contributed by atoms with Gasteiger partial charge in [0.15, 0.2) is 0 Å². The first-order chi connectivity index (χ1) is 10.1. The highest BCUT2D eigenvalue weighted by atomic mass is 79.9. The zero-order chi connectivity index (χ0) is 16.5. The summed E-state index contributed by atoms with van der Waals surface area (Å²) in [6, 6.07) is 8.03. The topological polar surface area (TPSA) is 58.4 Å². The third kappa shape index (κ3) is 3.63. The van der Waals surface area contributed by atoms with Crippen LogP contribution in [0, 0.1) is 0 Å². The van der Waals surface area contributed by atoms with Gasteiger partial charge in [-0.15, -0.1) is 0 Å². The Kier molecular flexibility index (Phi) is 4.87. The lowest BCUT2D eigenvalue weighted by molar-refractivity contribution is 0.00298. The standard InChI is InChI=1S/C17H26BrN3O/c1-16(2)9-13(19)10-17(3,4)21(16)15(22)20-11-12-7-5-6-8-14(12)18/h5-8,13H,9-11,19H2,1-4H3,(H,20,22). The molecule has 0 aromatic heterocycles. The van der Waals surface area contributed by atoms with Gasteiger partial charge in [0.05, 0.1) is 0 Å². The minimum absolute atomic E-state index is 0.0300. The number of hydrogen-bond donors (Lipinski definition) is 2. The SMILES string of the molecule is CC1(C)CC(N)CC(C)(C)N1C(=O)NCc1ccccc1Br. The van der Waals surface area contributed by atoms with Crippen molar-refractivity contribution in [1.82, 2.24) is 10.2 Å². The summed E-state index contributed by atoms with van der Waals surface area (Å²) in [5, 5.41) is 3.05. The van der Waals surface area contributed by atoms with Crippen LogP contribution in [-0.2, 0) is 6.54 Å². The summed E-state index contributed by atoms with van der Waals surface area (Å²) in [6.45, 7) is 8.87. The van der Waals surface area contributed by atoms with Gasteiger partial charge in [0, 0.05) is 28.1 Å². The summed E-state index contributed by atoms with van der Waals surface area (Å²) in [7, 11) is 0. The number of nitrogens with two attached hydrogens (primary N) is 1. The number of hydrogen-bond acceptors (Lipinski definition) is 2. The molecule has 3 N–H and O–H groups in total. The van der Waals surface area contributed by atoms with Gasteiger partial charge >= 0.3 is 6.03 Å². The molecule has 4 nitrogen and oxygen atoms in total. The van der Waals surface area contributed by atoms with E-state index in [1.54, 1.807) is 0 Å². The van der Waals surface area contributed by atoms with E-state index >= 15 is 0 Å². The molecule has 2 rings (SSSR count). The average Bonchev–Trinajstić information content (AvgIpc) is 2.34. The Bertz CT molecular complexity index is 539. The number of nitrogens with zero attached hydrogens (tertiary/aromatic N) is 1. The van der Waals surface area contributed by atoms with Gasteiger partial charge in [0.2, 0.25) is 0 Å². The number of urea groups is 1. The Labute approximate surface area is 141 Å². The number of amides is 2. The largest absolute Gasteiger partial charge is 0.334 e. The zero-order valence-corrected chi connectivity index (χ0v) is 15.4. The van der Waals surface area contributed by atoms with Crippen LogP contribution in [0.5, 0.6) is 0 Å². The molecule has 1 aromatic rings. The van der Waals surface area contributed by atoms with Gasteiger partial charge in [-0.25, -0.2) is 4.79 Å². The minimum atomic E-state index is -0.251.